The summed E-state index contributed by atoms with van der Waals surface area (Å²) >= 11 is 0. The van der Waals surface area contributed by atoms with Crippen molar-refractivity contribution in [2.75, 3.05) is 6.61 Å². The molecule has 2 aliphatic rings. The number of rotatable bonds is 7. The lowest BCUT2D eigenvalue weighted by Crippen LogP contribution is -2.30. The fourth-order valence-electron chi connectivity index (χ4n) is 5.89. The standard InChI is InChI=1S/C32H36F2O/c1-3-5-7-23-9-12-27-21-28(14-13-26(27)19-23)30-17-10-24(20-32(30)34)8-11-25-15-16-29(22-31(25)33)35-18-6-4-2/h3-4,6,10,15-17,20,22-23,26-28H,1,5,7,9,12-14,18-19,21H2,2H3/b6-4+. The average Bonchev–Trinajstić information content (AvgIpc) is 2.87. The Hall–Kier alpha value is -2.86. The lowest BCUT2D eigenvalue weighted by molar-refractivity contribution is 0.114. The Morgan fingerprint density at radius 3 is 2.57 bits per heavy atom. The van der Waals surface area contributed by atoms with E-state index in [1.807, 2.05) is 37.3 Å². The van der Waals surface area contributed by atoms with Crippen LogP contribution >= 0.6 is 0 Å². The van der Waals surface area contributed by atoms with Crippen molar-refractivity contribution in [1.82, 2.24) is 0 Å². The zero-order valence-corrected chi connectivity index (χ0v) is 20.7. The second-order valence-electron chi connectivity index (χ2n) is 10.1. The Morgan fingerprint density at radius 1 is 0.971 bits per heavy atom. The smallest absolute Gasteiger partial charge is 0.142 e. The van der Waals surface area contributed by atoms with Crippen LogP contribution in [0.15, 0.2) is 61.2 Å². The SMILES string of the molecule is C=CCCC1CCC2CC(c3ccc(C#Cc4ccc(OC/C=C/C)cc4F)cc3F)CCC2C1. The third kappa shape index (κ3) is 6.63. The van der Waals surface area contributed by atoms with Gasteiger partial charge in [0.2, 0.25) is 0 Å². The Morgan fingerprint density at radius 2 is 1.80 bits per heavy atom. The van der Waals surface area contributed by atoms with E-state index in [0.29, 0.717) is 17.9 Å². The molecular formula is C32H36F2O. The average molecular weight is 475 g/mol. The van der Waals surface area contributed by atoms with Gasteiger partial charge in [-0.05, 0) is 105 Å². The van der Waals surface area contributed by atoms with Gasteiger partial charge >= 0.3 is 0 Å². The van der Waals surface area contributed by atoms with E-state index < -0.39 is 5.82 Å². The minimum absolute atomic E-state index is 0.187. The minimum atomic E-state index is -0.441. The molecule has 4 unspecified atom stereocenters. The fourth-order valence-corrected chi connectivity index (χ4v) is 5.89. The molecule has 0 amide bonds. The van der Waals surface area contributed by atoms with Gasteiger partial charge in [-0.1, -0.05) is 42.6 Å². The van der Waals surface area contributed by atoms with E-state index in [2.05, 4.69) is 18.4 Å². The first-order chi connectivity index (χ1) is 17.1. The number of hydrogen-bond acceptors (Lipinski definition) is 1. The number of hydrogen-bond donors (Lipinski definition) is 0. The third-order valence-electron chi connectivity index (χ3n) is 7.80. The van der Waals surface area contributed by atoms with Crippen molar-refractivity contribution >= 4 is 0 Å². The fraction of sp³-hybridized carbons (Fsp3) is 0.438. The van der Waals surface area contributed by atoms with E-state index in [1.54, 1.807) is 12.1 Å². The molecule has 2 aromatic rings. The molecular weight excluding hydrogens is 438 g/mol. The highest BCUT2D eigenvalue weighted by Crippen LogP contribution is 2.48. The topological polar surface area (TPSA) is 9.23 Å². The molecule has 2 fully saturated rings. The molecule has 2 aliphatic carbocycles. The number of allylic oxidation sites excluding steroid dienone is 2. The van der Waals surface area contributed by atoms with Crippen molar-refractivity contribution in [3.05, 3.63) is 89.5 Å². The molecule has 1 nitrogen and oxygen atoms in total. The van der Waals surface area contributed by atoms with Crippen molar-refractivity contribution < 1.29 is 13.5 Å². The van der Waals surface area contributed by atoms with Crippen LogP contribution in [0.4, 0.5) is 8.78 Å². The molecule has 4 rings (SSSR count). The summed E-state index contributed by atoms with van der Waals surface area (Å²) in [4.78, 5) is 0. The van der Waals surface area contributed by atoms with Crippen LogP contribution in [0.2, 0.25) is 0 Å². The summed E-state index contributed by atoms with van der Waals surface area (Å²) in [6.45, 7) is 6.16. The second kappa shape index (κ2) is 12.2. The Bertz CT molecular complexity index is 1110. The molecule has 0 radical (unpaired) electrons. The van der Waals surface area contributed by atoms with Crippen LogP contribution < -0.4 is 4.74 Å². The van der Waals surface area contributed by atoms with Gasteiger partial charge in [0, 0.05) is 11.6 Å². The normalized spacial score (nSPS) is 23.9. The zero-order valence-electron chi connectivity index (χ0n) is 20.7. The predicted octanol–water partition coefficient (Wildman–Crippen LogP) is 8.59. The quantitative estimate of drug-likeness (QED) is 0.288. The Balaban J connectivity index is 1.38. The summed E-state index contributed by atoms with van der Waals surface area (Å²) in [5, 5.41) is 0. The lowest BCUT2D eigenvalue weighted by atomic mass is 9.63. The summed E-state index contributed by atoms with van der Waals surface area (Å²) in [6, 6.07) is 9.91. The first kappa shape index (κ1) is 25.2. The van der Waals surface area contributed by atoms with Crippen LogP contribution in [-0.2, 0) is 0 Å². The summed E-state index contributed by atoms with van der Waals surface area (Å²) in [6.07, 6.45) is 15.4. The first-order valence-electron chi connectivity index (χ1n) is 13.0. The predicted molar refractivity (Wildman–Crippen MR) is 139 cm³/mol. The molecule has 0 saturated heterocycles. The van der Waals surface area contributed by atoms with Gasteiger partial charge in [0.15, 0.2) is 0 Å². The highest BCUT2D eigenvalue weighted by Gasteiger charge is 2.36. The van der Waals surface area contributed by atoms with Gasteiger partial charge in [-0.15, -0.1) is 6.58 Å². The summed E-state index contributed by atoms with van der Waals surface area (Å²) < 4.78 is 34.9. The Labute approximate surface area is 209 Å². The van der Waals surface area contributed by atoms with Crippen molar-refractivity contribution in [3.8, 4) is 17.6 Å². The van der Waals surface area contributed by atoms with E-state index in [4.69, 9.17) is 4.74 Å². The van der Waals surface area contributed by atoms with Crippen molar-refractivity contribution in [1.29, 1.82) is 0 Å². The molecule has 2 saturated carbocycles. The van der Waals surface area contributed by atoms with E-state index in [-0.39, 0.29) is 17.3 Å². The van der Waals surface area contributed by atoms with Crippen molar-refractivity contribution in [2.45, 2.75) is 64.2 Å². The van der Waals surface area contributed by atoms with Gasteiger partial charge in [0.25, 0.3) is 0 Å². The highest BCUT2D eigenvalue weighted by atomic mass is 19.1. The maximum Gasteiger partial charge on any atom is 0.142 e. The lowest BCUT2D eigenvalue weighted by Gasteiger charge is -2.42. The van der Waals surface area contributed by atoms with Gasteiger partial charge in [0.05, 0.1) is 5.56 Å². The summed E-state index contributed by atoms with van der Waals surface area (Å²) in [5.74, 6) is 8.25. The van der Waals surface area contributed by atoms with Crippen LogP contribution in [0.3, 0.4) is 0 Å². The van der Waals surface area contributed by atoms with E-state index in [0.717, 1.165) is 42.6 Å². The van der Waals surface area contributed by atoms with Gasteiger partial charge in [-0.25, -0.2) is 8.78 Å². The largest absolute Gasteiger partial charge is 0.489 e. The van der Waals surface area contributed by atoms with Gasteiger partial charge < -0.3 is 4.74 Å². The molecule has 0 bridgehead atoms. The van der Waals surface area contributed by atoms with Crippen LogP contribution in [0.25, 0.3) is 0 Å². The Kier molecular flexibility index (Phi) is 8.80. The highest BCUT2D eigenvalue weighted by molar-refractivity contribution is 5.46. The first-order valence-corrected chi connectivity index (χ1v) is 13.0. The number of ether oxygens (including phenoxy) is 1. The number of benzene rings is 2. The monoisotopic (exact) mass is 474 g/mol. The molecule has 3 heteroatoms. The van der Waals surface area contributed by atoms with E-state index >= 15 is 4.39 Å². The van der Waals surface area contributed by atoms with Gasteiger partial charge in [-0.2, -0.15) is 0 Å². The van der Waals surface area contributed by atoms with Crippen LogP contribution in [0.5, 0.6) is 5.75 Å². The molecule has 0 spiro atoms. The maximum absolute atomic E-state index is 15.1. The third-order valence-corrected chi connectivity index (χ3v) is 7.80. The van der Waals surface area contributed by atoms with Crippen LogP contribution in [0.1, 0.15) is 80.9 Å². The zero-order chi connectivity index (χ0) is 24.6. The minimum Gasteiger partial charge on any atom is -0.489 e. The molecule has 35 heavy (non-hydrogen) atoms. The molecule has 0 heterocycles. The molecule has 184 valence electrons. The van der Waals surface area contributed by atoms with Crippen molar-refractivity contribution in [2.24, 2.45) is 17.8 Å². The number of halogens is 2. The second-order valence-corrected chi connectivity index (χ2v) is 10.1. The van der Waals surface area contributed by atoms with Gasteiger partial charge in [-0.3, -0.25) is 0 Å². The summed E-state index contributed by atoms with van der Waals surface area (Å²) in [5.41, 5.74) is 1.65. The molecule has 4 atom stereocenters. The summed E-state index contributed by atoms with van der Waals surface area (Å²) in [7, 11) is 0. The molecule has 0 N–H and O–H groups in total. The molecule has 0 aromatic heterocycles. The van der Waals surface area contributed by atoms with Crippen LogP contribution in [-0.4, -0.2) is 6.61 Å². The number of fused-ring (bicyclic) bond motifs is 1. The van der Waals surface area contributed by atoms with E-state index in [1.165, 1.54) is 44.2 Å². The maximum atomic E-state index is 15.1. The molecule has 0 aliphatic heterocycles. The molecule has 2 aromatic carbocycles. The van der Waals surface area contributed by atoms with Crippen LogP contribution in [0, 0.1) is 41.2 Å². The van der Waals surface area contributed by atoms with Gasteiger partial charge in [0.1, 0.15) is 24.0 Å². The van der Waals surface area contributed by atoms with Crippen molar-refractivity contribution in [3.63, 3.8) is 0 Å². The van der Waals surface area contributed by atoms with E-state index in [9.17, 15) is 4.39 Å².